The topological polar surface area (TPSA) is 75.4 Å². The average Bonchev–Trinajstić information content (AvgIpc) is 3.24. The maximum Gasteiger partial charge on any atom is 0.356 e. The molecule has 0 aliphatic heterocycles. The fourth-order valence-corrected chi connectivity index (χ4v) is 2.21. The zero-order valence-electron chi connectivity index (χ0n) is 11.6. The van der Waals surface area contributed by atoms with Gasteiger partial charge < -0.3 is 10.0 Å². The fraction of sp³-hybridized carbons (Fsp3) is 0.267. The second kappa shape index (κ2) is 5.05. The fourth-order valence-electron chi connectivity index (χ4n) is 2.21. The van der Waals surface area contributed by atoms with Gasteiger partial charge in [-0.1, -0.05) is 18.2 Å². The molecule has 21 heavy (non-hydrogen) atoms. The molecule has 1 N–H and O–H groups in total. The number of para-hydroxylation sites is 1. The number of carbonyl (C=O) groups excluding carboxylic acids is 1. The van der Waals surface area contributed by atoms with E-state index in [1.54, 1.807) is 24.1 Å². The highest BCUT2D eigenvalue weighted by Crippen LogP contribution is 2.27. The van der Waals surface area contributed by atoms with Crippen molar-refractivity contribution in [3.8, 4) is 5.69 Å². The van der Waals surface area contributed by atoms with Gasteiger partial charge in [0, 0.05) is 19.2 Å². The summed E-state index contributed by atoms with van der Waals surface area (Å²) in [5, 5.41) is 13.1. The standard InChI is InChI=1S/C15H15N3O3/c1-17(10-7-8-10)14(19)13-9-12(15(20)21)16-18(13)11-5-3-2-4-6-11/h2-6,9-10H,7-8H2,1H3,(H,20,21). The van der Waals surface area contributed by atoms with E-state index in [2.05, 4.69) is 5.10 Å². The molecule has 1 amide bonds. The zero-order valence-corrected chi connectivity index (χ0v) is 11.6. The predicted octanol–water partition coefficient (Wildman–Crippen LogP) is 1.80. The van der Waals surface area contributed by atoms with Crippen molar-refractivity contribution in [2.24, 2.45) is 0 Å². The minimum atomic E-state index is -1.15. The first-order valence-corrected chi connectivity index (χ1v) is 6.74. The zero-order chi connectivity index (χ0) is 15.0. The SMILES string of the molecule is CN(C(=O)c1cc(C(=O)O)nn1-c1ccccc1)C1CC1. The third-order valence-electron chi connectivity index (χ3n) is 3.56. The van der Waals surface area contributed by atoms with Crippen LogP contribution in [0.15, 0.2) is 36.4 Å². The number of carboxylic acids is 1. The number of hydrogen-bond acceptors (Lipinski definition) is 3. The molecule has 0 bridgehead atoms. The molecule has 2 aromatic rings. The van der Waals surface area contributed by atoms with E-state index in [4.69, 9.17) is 5.11 Å². The smallest absolute Gasteiger partial charge is 0.356 e. The summed E-state index contributed by atoms with van der Waals surface area (Å²) in [5.41, 5.74) is 0.803. The van der Waals surface area contributed by atoms with Crippen LogP contribution in [0.1, 0.15) is 33.8 Å². The van der Waals surface area contributed by atoms with Gasteiger partial charge in [-0.15, -0.1) is 0 Å². The Morgan fingerprint density at radius 1 is 1.29 bits per heavy atom. The predicted molar refractivity (Wildman–Crippen MR) is 75.6 cm³/mol. The molecular formula is C15H15N3O3. The van der Waals surface area contributed by atoms with Crippen molar-refractivity contribution in [2.75, 3.05) is 7.05 Å². The molecule has 1 aliphatic carbocycles. The molecule has 0 saturated heterocycles. The van der Waals surface area contributed by atoms with Crippen molar-refractivity contribution in [1.29, 1.82) is 0 Å². The molecule has 0 unspecified atom stereocenters. The van der Waals surface area contributed by atoms with E-state index in [1.807, 2.05) is 18.2 Å². The lowest BCUT2D eigenvalue weighted by atomic mass is 10.3. The van der Waals surface area contributed by atoms with Gasteiger partial charge in [0.1, 0.15) is 5.69 Å². The molecular weight excluding hydrogens is 270 g/mol. The quantitative estimate of drug-likeness (QED) is 0.929. The number of hydrogen-bond donors (Lipinski definition) is 1. The van der Waals surface area contributed by atoms with E-state index in [1.165, 1.54) is 10.7 Å². The van der Waals surface area contributed by atoms with Crippen molar-refractivity contribution < 1.29 is 14.7 Å². The lowest BCUT2D eigenvalue weighted by Gasteiger charge is -2.16. The Kier molecular flexibility index (Phi) is 3.21. The number of carboxylic acid groups (broad SMARTS) is 1. The molecule has 1 aromatic heterocycles. The van der Waals surface area contributed by atoms with E-state index >= 15 is 0 Å². The van der Waals surface area contributed by atoms with Gasteiger partial charge in [0.15, 0.2) is 5.69 Å². The highest BCUT2D eigenvalue weighted by Gasteiger charge is 2.32. The molecule has 1 aromatic carbocycles. The Morgan fingerprint density at radius 2 is 1.95 bits per heavy atom. The highest BCUT2D eigenvalue weighted by molar-refractivity contribution is 5.96. The number of amides is 1. The summed E-state index contributed by atoms with van der Waals surface area (Å²) >= 11 is 0. The summed E-state index contributed by atoms with van der Waals surface area (Å²) in [6.45, 7) is 0. The van der Waals surface area contributed by atoms with Crippen LogP contribution in [0.3, 0.4) is 0 Å². The van der Waals surface area contributed by atoms with Crippen molar-refractivity contribution in [1.82, 2.24) is 14.7 Å². The van der Waals surface area contributed by atoms with Crippen LogP contribution in [0, 0.1) is 0 Å². The third-order valence-corrected chi connectivity index (χ3v) is 3.56. The molecule has 6 heteroatoms. The molecule has 0 atom stereocenters. The highest BCUT2D eigenvalue weighted by atomic mass is 16.4. The number of rotatable bonds is 4. The minimum Gasteiger partial charge on any atom is -0.476 e. The first-order valence-electron chi connectivity index (χ1n) is 6.74. The van der Waals surface area contributed by atoms with Crippen LogP contribution in [0.5, 0.6) is 0 Å². The molecule has 108 valence electrons. The number of carbonyl (C=O) groups is 2. The van der Waals surface area contributed by atoms with Crippen molar-refractivity contribution in [3.63, 3.8) is 0 Å². The number of benzene rings is 1. The summed E-state index contributed by atoms with van der Waals surface area (Å²) in [7, 11) is 1.74. The molecule has 1 fully saturated rings. The van der Waals surface area contributed by atoms with Crippen LogP contribution in [-0.2, 0) is 0 Å². The Bertz CT molecular complexity index is 689. The molecule has 0 radical (unpaired) electrons. The lowest BCUT2D eigenvalue weighted by Crippen LogP contribution is -2.30. The maximum absolute atomic E-state index is 12.5. The largest absolute Gasteiger partial charge is 0.476 e. The van der Waals surface area contributed by atoms with Crippen molar-refractivity contribution in [3.05, 3.63) is 47.8 Å². The average molecular weight is 285 g/mol. The van der Waals surface area contributed by atoms with E-state index in [0.29, 0.717) is 5.69 Å². The van der Waals surface area contributed by atoms with Crippen LogP contribution in [0.2, 0.25) is 0 Å². The molecule has 0 spiro atoms. The summed E-state index contributed by atoms with van der Waals surface area (Å²) in [4.78, 5) is 25.3. The van der Waals surface area contributed by atoms with Crippen molar-refractivity contribution >= 4 is 11.9 Å². The second-order valence-corrected chi connectivity index (χ2v) is 5.11. The van der Waals surface area contributed by atoms with Crippen molar-refractivity contribution in [2.45, 2.75) is 18.9 Å². The van der Waals surface area contributed by atoms with E-state index in [9.17, 15) is 9.59 Å². The van der Waals surface area contributed by atoms with Gasteiger partial charge >= 0.3 is 5.97 Å². The van der Waals surface area contributed by atoms with Gasteiger partial charge in [-0.05, 0) is 25.0 Å². The normalized spacial score (nSPS) is 14.0. The first-order chi connectivity index (χ1) is 10.1. The van der Waals surface area contributed by atoms with Crippen LogP contribution in [-0.4, -0.2) is 44.8 Å². The van der Waals surface area contributed by atoms with Crippen LogP contribution >= 0.6 is 0 Å². The monoisotopic (exact) mass is 285 g/mol. The molecule has 1 saturated carbocycles. The van der Waals surface area contributed by atoms with Gasteiger partial charge in [-0.2, -0.15) is 5.10 Å². The van der Waals surface area contributed by atoms with Crippen LogP contribution < -0.4 is 0 Å². The molecule has 1 heterocycles. The van der Waals surface area contributed by atoms with Gasteiger partial charge in [0.05, 0.1) is 5.69 Å². The summed E-state index contributed by atoms with van der Waals surface area (Å²) < 4.78 is 1.39. The minimum absolute atomic E-state index is 0.133. The van der Waals surface area contributed by atoms with Gasteiger partial charge in [-0.25, -0.2) is 9.48 Å². The third kappa shape index (κ3) is 2.52. The maximum atomic E-state index is 12.5. The Morgan fingerprint density at radius 3 is 2.52 bits per heavy atom. The lowest BCUT2D eigenvalue weighted by molar-refractivity contribution is 0.0689. The summed E-state index contributed by atoms with van der Waals surface area (Å²) in [6.07, 6.45) is 1.99. The first kappa shape index (κ1) is 13.4. The van der Waals surface area contributed by atoms with Gasteiger partial charge in [0.2, 0.25) is 0 Å². The van der Waals surface area contributed by atoms with Gasteiger partial charge in [-0.3, -0.25) is 4.79 Å². The molecule has 1 aliphatic rings. The number of nitrogens with zero attached hydrogens (tertiary/aromatic N) is 3. The molecule has 3 rings (SSSR count). The van der Waals surface area contributed by atoms with E-state index in [0.717, 1.165) is 12.8 Å². The Hall–Kier alpha value is -2.63. The Balaban J connectivity index is 2.05. The summed E-state index contributed by atoms with van der Waals surface area (Å²) in [5.74, 6) is -1.35. The van der Waals surface area contributed by atoms with E-state index < -0.39 is 5.97 Å². The van der Waals surface area contributed by atoms with Crippen LogP contribution in [0.4, 0.5) is 0 Å². The van der Waals surface area contributed by atoms with Gasteiger partial charge in [0.25, 0.3) is 5.91 Å². The number of aromatic carboxylic acids is 1. The Labute approximate surface area is 121 Å². The second-order valence-electron chi connectivity index (χ2n) is 5.11. The van der Waals surface area contributed by atoms with E-state index in [-0.39, 0.29) is 23.3 Å². The molecule has 6 nitrogen and oxygen atoms in total. The number of aromatic nitrogens is 2. The summed E-state index contributed by atoms with van der Waals surface area (Å²) in [6, 6.07) is 10.6. The van der Waals surface area contributed by atoms with Crippen LogP contribution in [0.25, 0.3) is 5.69 Å².